The first kappa shape index (κ1) is 11.7. The zero-order valence-corrected chi connectivity index (χ0v) is 8.68. The van der Waals surface area contributed by atoms with Crippen molar-refractivity contribution in [3.63, 3.8) is 0 Å². The molecule has 71 valence electrons. The zero-order chi connectivity index (χ0) is 9.23. The summed E-state index contributed by atoms with van der Waals surface area (Å²) in [5.74, 6) is 0.757. The average Bonchev–Trinajstić information content (AvgIpc) is 2.10. The van der Waals surface area contributed by atoms with Crippen molar-refractivity contribution >= 4 is 0 Å². The SMILES string of the molecule is [CH2]CC(C)CC=CCCCCC. The van der Waals surface area contributed by atoms with Crippen molar-refractivity contribution in [1.29, 1.82) is 0 Å². The number of rotatable bonds is 7. The fraction of sp³-hybridized carbons (Fsp3) is 0.750. The highest BCUT2D eigenvalue weighted by molar-refractivity contribution is 4.83. The lowest BCUT2D eigenvalue weighted by atomic mass is 10.0. The molecule has 1 unspecified atom stereocenters. The highest BCUT2D eigenvalue weighted by Crippen LogP contribution is 2.07. The lowest BCUT2D eigenvalue weighted by molar-refractivity contribution is 0.599. The Morgan fingerprint density at radius 3 is 2.58 bits per heavy atom. The third-order valence-electron chi connectivity index (χ3n) is 2.17. The molecule has 0 N–H and O–H groups in total. The second kappa shape index (κ2) is 8.83. The summed E-state index contributed by atoms with van der Waals surface area (Å²) in [6.45, 7) is 8.38. The summed E-state index contributed by atoms with van der Waals surface area (Å²) in [5.41, 5.74) is 0. The average molecular weight is 167 g/mol. The molecule has 0 saturated heterocycles. The predicted octanol–water partition coefficient (Wildman–Crippen LogP) is 4.37. The quantitative estimate of drug-likeness (QED) is 0.390. The summed E-state index contributed by atoms with van der Waals surface area (Å²) in [5, 5.41) is 0. The normalized spacial score (nSPS) is 13.9. The van der Waals surface area contributed by atoms with E-state index in [1.54, 1.807) is 0 Å². The summed E-state index contributed by atoms with van der Waals surface area (Å²) in [6, 6.07) is 0. The summed E-state index contributed by atoms with van der Waals surface area (Å²) < 4.78 is 0. The molecule has 1 radical (unpaired) electrons. The van der Waals surface area contributed by atoms with Crippen LogP contribution in [0.3, 0.4) is 0 Å². The fourth-order valence-electron chi connectivity index (χ4n) is 1.08. The molecular formula is C12H23. The Morgan fingerprint density at radius 1 is 1.25 bits per heavy atom. The Morgan fingerprint density at radius 2 is 2.00 bits per heavy atom. The maximum atomic E-state index is 3.88. The predicted molar refractivity (Wildman–Crippen MR) is 57.0 cm³/mol. The fourth-order valence-corrected chi connectivity index (χ4v) is 1.08. The molecule has 0 heterocycles. The van der Waals surface area contributed by atoms with Gasteiger partial charge in [0.05, 0.1) is 0 Å². The molecule has 0 aromatic heterocycles. The van der Waals surface area contributed by atoms with Crippen LogP contribution >= 0.6 is 0 Å². The van der Waals surface area contributed by atoms with Gasteiger partial charge < -0.3 is 0 Å². The second-order valence-electron chi connectivity index (χ2n) is 3.60. The third kappa shape index (κ3) is 7.84. The van der Waals surface area contributed by atoms with E-state index in [9.17, 15) is 0 Å². The summed E-state index contributed by atoms with van der Waals surface area (Å²) in [6.07, 6.45) is 12.2. The maximum absolute atomic E-state index is 3.88. The Bertz CT molecular complexity index is 103. The molecule has 0 bridgehead atoms. The molecule has 0 aliphatic rings. The van der Waals surface area contributed by atoms with Gasteiger partial charge in [0.25, 0.3) is 0 Å². The minimum atomic E-state index is 0.757. The minimum Gasteiger partial charge on any atom is -0.0885 e. The van der Waals surface area contributed by atoms with Crippen molar-refractivity contribution in [3.8, 4) is 0 Å². The molecule has 0 spiro atoms. The van der Waals surface area contributed by atoms with E-state index in [0.29, 0.717) is 0 Å². The molecule has 0 heteroatoms. The molecule has 0 nitrogen and oxygen atoms in total. The Kier molecular flexibility index (Phi) is 8.64. The molecule has 0 amide bonds. The first-order valence-electron chi connectivity index (χ1n) is 5.25. The van der Waals surface area contributed by atoms with E-state index in [1.165, 1.54) is 32.1 Å². The molecule has 0 aromatic rings. The number of unbranched alkanes of at least 4 members (excludes halogenated alkanes) is 3. The van der Waals surface area contributed by atoms with E-state index in [2.05, 4.69) is 32.9 Å². The van der Waals surface area contributed by atoms with Gasteiger partial charge >= 0.3 is 0 Å². The van der Waals surface area contributed by atoms with Crippen LogP contribution in [0.1, 0.15) is 52.4 Å². The van der Waals surface area contributed by atoms with Gasteiger partial charge in [-0.25, -0.2) is 0 Å². The van der Waals surface area contributed by atoms with Gasteiger partial charge in [0.2, 0.25) is 0 Å². The smallest absolute Gasteiger partial charge is 0.0325 e. The van der Waals surface area contributed by atoms with Gasteiger partial charge in [-0.15, -0.1) is 0 Å². The topological polar surface area (TPSA) is 0 Å². The number of hydrogen-bond acceptors (Lipinski definition) is 0. The summed E-state index contributed by atoms with van der Waals surface area (Å²) in [7, 11) is 0. The van der Waals surface area contributed by atoms with Gasteiger partial charge in [0.1, 0.15) is 0 Å². The van der Waals surface area contributed by atoms with Gasteiger partial charge in [0, 0.05) is 0 Å². The van der Waals surface area contributed by atoms with Crippen molar-refractivity contribution in [2.45, 2.75) is 52.4 Å². The Balaban J connectivity index is 3.13. The molecule has 0 saturated carbocycles. The van der Waals surface area contributed by atoms with Crippen molar-refractivity contribution in [2.24, 2.45) is 5.92 Å². The molecule has 0 aliphatic carbocycles. The molecule has 0 fully saturated rings. The van der Waals surface area contributed by atoms with Crippen molar-refractivity contribution in [2.75, 3.05) is 0 Å². The van der Waals surface area contributed by atoms with Crippen LogP contribution < -0.4 is 0 Å². The van der Waals surface area contributed by atoms with Crippen molar-refractivity contribution < 1.29 is 0 Å². The molecule has 0 aliphatic heterocycles. The van der Waals surface area contributed by atoms with E-state index in [4.69, 9.17) is 0 Å². The maximum Gasteiger partial charge on any atom is -0.0325 e. The van der Waals surface area contributed by atoms with E-state index >= 15 is 0 Å². The standard InChI is InChI=1S/C12H23/c1-4-6-7-8-9-10-11-12(3)5-2/h9-10,12H,2,4-8,11H2,1,3H3. The van der Waals surface area contributed by atoms with Gasteiger partial charge in [0.15, 0.2) is 0 Å². The zero-order valence-electron chi connectivity index (χ0n) is 8.68. The van der Waals surface area contributed by atoms with Crippen LogP contribution in [0.5, 0.6) is 0 Å². The Hall–Kier alpha value is -0.260. The molecule has 0 rings (SSSR count). The van der Waals surface area contributed by atoms with Crippen LogP contribution in [0.25, 0.3) is 0 Å². The molecule has 12 heavy (non-hydrogen) atoms. The highest BCUT2D eigenvalue weighted by atomic mass is 14.0. The minimum absolute atomic E-state index is 0.757. The van der Waals surface area contributed by atoms with Crippen LogP contribution in [0, 0.1) is 12.8 Å². The van der Waals surface area contributed by atoms with Crippen molar-refractivity contribution in [3.05, 3.63) is 19.1 Å². The van der Waals surface area contributed by atoms with E-state index in [-0.39, 0.29) is 0 Å². The van der Waals surface area contributed by atoms with Gasteiger partial charge in [-0.1, -0.05) is 52.2 Å². The largest absolute Gasteiger partial charge is 0.0885 e. The number of hydrogen-bond donors (Lipinski definition) is 0. The van der Waals surface area contributed by atoms with Crippen molar-refractivity contribution in [1.82, 2.24) is 0 Å². The Labute approximate surface area is 78.1 Å². The summed E-state index contributed by atoms with van der Waals surface area (Å²) >= 11 is 0. The van der Waals surface area contributed by atoms with Crippen LogP contribution in [-0.2, 0) is 0 Å². The molecule has 0 aromatic carbocycles. The van der Waals surface area contributed by atoms with Crippen LogP contribution in [0.15, 0.2) is 12.2 Å². The third-order valence-corrected chi connectivity index (χ3v) is 2.17. The lowest BCUT2D eigenvalue weighted by Gasteiger charge is -2.01. The van der Waals surface area contributed by atoms with Crippen LogP contribution in [0.2, 0.25) is 0 Å². The molecular weight excluding hydrogens is 144 g/mol. The second-order valence-corrected chi connectivity index (χ2v) is 3.60. The van der Waals surface area contributed by atoms with Gasteiger partial charge in [-0.05, 0) is 25.2 Å². The van der Waals surface area contributed by atoms with Crippen LogP contribution in [0.4, 0.5) is 0 Å². The van der Waals surface area contributed by atoms with E-state index < -0.39 is 0 Å². The van der Waals surface area contributed by atoms with Gasteiger partial charge in [-0.3, -0.25) is 0 Å². The number of allylic oxidation sites excluding steroid dienone is 2. The first-order chi connectivity index (χ1) is 5.81. The highest BCUT2D eigenvalue weighted by Gasteiger charge is 1.92. The first-order valence-corrected chi connectivity index (χ1v) is 5.25. The van der Waals surface area contributed by atoms with E-state index in [0.717, 1.165) is 12.3 Å². The van der Waals surface area contributed by atoms with Gasteiger partial charge in [-0.2, -0.15) is 0 Å². The van der Waals surface area contributed by atoms with E-state index in [1.807, 2.05) is 0 Å². The molecule has 1 atom stereocenters. The van der Waals surface area contributed by atoms with Crippen LogP contribution in [-0.4, -0.2) is 0 Å². The lowest BCUT2D eigenvalue weighted by Crippen LogP contribution is -1.87. The monoisotopic (exact) mass is 167 g/mol. The summed E-state index contributed by atoms with van der Waals surface area (Å²) in [4.78, 5) is 0.